The molecule has 1 saturated heterocycles. The number of ether oxygens (including phenoxy) is 4. The van der Waals surface area contributed by atoms with Gasteiger partial charge in [0.25, 0.3) is 0 Å². The smallest absolute Gasteiger partial charge is 0.351 e. The molecule has 1 aromatic heterocycles. The minimum atomic E-state index is -1.48. The number of nitrogens with zero attached hydrogens (tertiary/aromatic N) is 2. The van der Waals surface area contributed by atoms with Crippen molar-refractivity contribution in [2.24, 2.45) is 0 Å². The lowest BCUT2D eigenvalue weighted by Gasteiger charge is -2.24. The zero-order chi connectivity index (χ0) is 24.2. The van der Waals surface area contributed by atoms with Crippen LogP contribution in [0.25, 0.3) is 0 Å². The summed E-state index contributed by atoms with van der Waals surface area (Å²) >= 11 is 0. The Morgan fingerprint density at radius 2 is 2.44 bits per heavy atom. The first kappa shape index (κ1) is 19.6. The first-order valence-electron chi connectivity index (χ1n) is 11.5. The second-order valence-corrected chi connectivity index (χ2v) is 7.67. The van der Waals surface area contributed by atoms with Gasteiger partial charge in [0.1, 0.15) is 23.8 Å². The van der Waals surface area contributed by atoms with Gasteiger partial charge >= 0.3 is 5.69 Å². The number of nitrogens with one attached hydrogen (secondary N) is 2. The third-order valence-corrected chi connectivity index (χ3v) is 5.15. The average Bonchev–Trinajstić information content (AvgIpc) is 3.16. The topological polar surface area (TPSA) is 116 Å². The maximum atomic E-state index is 12.7. The van der Waals surface area contributed by atoms with E-state index >= 15 is 0 Å². The second kappa shape index (κ2) is 9.60. The molecule has 3 N–H and O–H groups in total. The Morgan fingerprint density at radius 3 is 3.25 bits per heavy atom. The monoisotopic (exact) mass is 447 g/mol. The third kappa shape index (κ3) is 4.72. The van der Waals surface area contributed by atoms with Gasteiger partial charge in [0.2, 0.25) is 0 Å². The number of benzene rings is 1. The number of hydrogen-bond donors (Lipinski definition) is 3. The van der Waals surface area contributed by atoms with Crippen LogP contribution in [0.15, 0.2) is 41.5 Å². The van der Waals surface area contributed by atoms with E-state index in [0.29, 0.717) is 29.5 Å². The van der Waals surface area contributed by atoms with Gasteiger partial charge in [-0.3, -0.25) is 4.57 Å². The Hall–Kier alpha value is -3.08. The third-order valence-electron chi connectivity index (χ3n) is 5.15. The van der Waals surface area contributed by atoms with E-state index in [1.807, 2.05) is 19.1 Å². The van der Waals surface area contributed by atoms with Crippen molar-refractivity contribution in [1.29, 1.82) is 0 Å². The van der Waals surface area contributed by atoms with Crippen LogP contribution in [0.2, 0.25) is 0 Å². The van der Waals surface area contributed by atoms with E-state index < -0.39 is 31.2 Å². The molecular formula is C22H28N4O6. The zero-order valence-corrected chi connectivity index (χ0v) is 17.7. The Bertz CT molecular complexity index is 1100. The average molecular weight is 448 g/mol. The van der Waals surface area contributed by atoms with Crippen molar-refractivity contribution in [2.45, 2.75) is 38.2 Å². The van der Waals surface area contributed by atoms with Crippen LogP contribution >= 0.6 is 0 Å². The van der Waals surface area contributed by atoms with Crippen molar-refractivity contribution in [3.63, 3.8) is 0 Å². The fraction of sp³-hybridized carbons (Fsp3) is 0.455. The van der Waals surface area contributed by atoms with E-state index in [2.05, 4.69) is 22.2 Å². The van der Waals surface area contributed by atoms with Gasteiger partial charge in [0, 0.05) is 25.7 Å². The van der Waals surface area contributed by atoms with Gasteiger partial charge < -0.3 is 34.7 Å². The Kier molecular flexibility index (Phi) is 5.88. The molecule has 32 heavy (non-hydrogen) atoms. The number of rotatable bonds is 9. The minimum Gasteiger partial charge on any atom is -0.491 e. The first-order valence-corrected chi connectivity index (χ1v) is 10.3. The quantitative estimate of drug-likeness (QED) is 0.425. The highest BCUT2D eigenvalue weighted by Gasteiger charge is 2.36. The molecule has 1 aromatic carbocycles. The Balaban J connectivity index is 1.46. The summed E-state index contributed by atoms with van der Waals surface area (Å²) in [6.07, 6.45) is -0.0441. The molecule has 10 nitrogen and oxygen atoms in total. The lowest BCUT2D eigenvalue weighted by Crippen LogP contribution is -2.29. The van der Waals surface area contributed by atoms with Gasteiger partial charge in [-0.25, -0.2) is 4.79 Å². The van der Waals surface area contributed by atoms with Crippen LogP contribution in [0.4, 0.5) is 11.5 Å². The number of aliphatic hydroxyl groups is 1. The highest BCUT2D eigenvalue weighted by molar-refractivity contribution is 5.77. The number of methoxy groups -OCH3 is 1. The maximum absolute atomic E-state index is 12.7. The molecule has 4 rings (SSSR count). The summed E-state index contributed by atoms with van der Waals surface area (Å²) in [5.41, 5.74) is 0.897. The molecule has 1 fully saturated rings. The van der Waals surface area contributed by atoms with Crippen molar-refractivity contribution >= 4 is 11.5 Å². The van der Waals surface area contributed by atoms with Crippen LogP contribution in [0.3, 0.4) is 0 Å². The zero-order valence-electron chi connectivity index (χ0n) is 19.7. The second-order valence-electron chi connectivity index (χ2n) is 7.67. The van der Waals surface area contributed by atoms with Crippen molar-refractivity contribution in [3.8, 4) is 17.2 Å². The summed E-state index contributed by atoms with van der Waals surface area (Å²) in [5.74, 6) is 1.67. The highest BCUT2D eigenvalue weighted by atomic mass is 16.6. The van der Waals surface area contributed by atoms with Crippen LogP contribution in [0.5, 0.6) is 17.2 Å². The molecular weight excluding hydrogens is 416 g/mol. The van der Waals surface area contributed by atoms with Gasteiger partial charge in [0.15, 0.2) is 17.3 Å². The summed E-state index contributed by atoms with van der Waals surface area (Å²) in [6.45, 7) is 6.80. The predicted molar refractivity (Wildman–Crippen MR) is 118 cm³/mol. The van der Waals surface area contributed by atoms with Crippen LogP contribution in [0, 0.1) is 0 Å². The van der Waals surface area contributed by atoms with Gasteiger partial charge in [-0.2, -0.15) is 4.98 Å². The molecule has 10 heteroatoms. The molecule has 0 amide bonds. The molecule has 0 aliphatic carbocycles. The summed E-state index contributed by atoms with van der Waals surface area (Å²) in [7, 11) is -1.48. The normalized spacial score (nSPS) is 23.0. The van der Waals surface area contributed by atoms with E-state index in [4.69, 9.17) is 21.7 Å². The van der Waals surface area contributed by atoms with Gasteiger partial charge in [0.05, 0.1) is 28.3 Å². The van der Waals surface area contributed by atoms with Crippen LogP contribution in [0.1, 0.15) is 28.7 Å². The molecule has 4 atom stereocenters. The summed E-state index contributed by atoms with van der Waals surface area (Å²) in [6, 6.07) is 5.39. The van der Waals surface area contributed by atoms with Crippen molar-refractivity contribution in [2.75, 3.05) is 32.1 Å². The Labute approximate surface area is 188 Å². The molecule has 2 aromatic rings. The molecule has 2 unspecified atom stereocenters. The number of para-hydroxylation sites is 1. The fourth-order valence-electron chi connectivity index (χ4n) is 3.58. The number of fused-ring (bicyclic) bond motifs is 2. The van der Waals surface area contributed by atoms with E-state index in [1.54, 1.807) is 6.07 Å². The van der Waals surface area contributed by atoms with Crippen molar-refractivity contribution in [3.05, 3.63) is 47.2 Å². The fourth-order valence-corrected chi connectivity index (χ4v) is 3.58. The number of hydrogen-bond acceptors (Lipinski definition) is 9. The molecule has 0 spiro atoms. The number of anilines is 2. The molecule has 2 aliphatic rings. The molecule has 172 valence electrons. The first-order chi connectivity index (χ1) is 16.3. The van der Waals surface area contributed by atoms with E-state index in [-0.39, 0.29) is 18.8 Å². The molecule has 0 saturated carbocycles. The van der Waals surface area contributed by atoms with Crippen molar-refractivity contribution < 1.29 is 26.8 Å². The van der Waals surface area contributed by atoms with Crippen LogP contribution < -0.4 is 25.8 Å². The number of aromatic nitrogens is 2. The lowest BCUT2D eigenvalue weighted by atomic mass is 10.2. The van der Waals surface area contributed by atoms with Crippen LogP contribution in [-0.4, -0.2) is 53.7 Å². The molecule has 0 radical (unpaired) electrons. The minimum absolute atomic E-state index is 0.125. The van der Waals surface area contributed by atoms with E-state index in [9.17, 15) is 9.90 Å². The van der Waals surface area contributed by atoms with Crippen LogP contribution in [-0.2, 0) is 9.47 Å². The van der Waals surface area contributed by atoms with Gasteiger partial charge in [-0.1, -0.05) is 12.6 Å². The molecule has 0 bridgehead atoms. The highest BCUT2D eigenvalue weighted by Crippen LogP contribution is 2.45. The van der Waals surface area contributed by atoms with Gasteiger partial charge in [-0.15, -0.1) is 0 Å². The number of aliphatic hydroxyl groups excluding tert-OH is 1. The summed E-state index contributed by atoms with van der Waals surface area (Å²) in [5, 5.41) is 16.5. The SMILES string of the molecule is [2H]C([3H])OC[C@H]1O[C@@H](n2cc3c(nc2=O)Nc2c(OCCCNC(=C)C)cccc2O3)CC1O. The number of allylic oxidation sites excluding steroid dienone is 1. The maximum Gasteiger partial charge on any atom is 0.351 e. The lowest BCUT2D eigenvalue weighted by molar-refractivity contribution is -0.0547. The largest absolute Gasteiger partial charge is 0.491 e. The molecule has 3 heterocycles. The van der Waals surface area contributed by atoms with Gasteiger partial charge in [-0.05, 0) is 25.5 Å². The summed E-state index contributed by atoms with van der Waals surface area (Å²) < 4.78 is 38.0. The molecule has 2 aliphatic heterocycles. The van der Waals surface area contributed by atoms with E-state index in [0.717, 1.165) is 18.7 Å². The predicted octanol–water partition coefficient (Wildman–Crippen LogP) is 2.28. The van der Waals surface area contributed by atoms with E-state index in [1.165, 1.54) is 10.8 Å². The standard InChI is InChI=1S/C22H28N4O6/c1-13(2)23-8-5-9-30-15-6-4-7-16-20(15)24-21-17(31-16)11-26(22(28)25-21)19-10-14(27)18(32-19)12-29-3/h4,6-7,11,14,18-19,23,27H,1,5,8-10,12H2,2-3H3,(H,24,25,28)/t14?,18-,19-/m1/s1/i3TD/t3?,14?,18-,19-. The van der Waals surface area contributed by atoms with Crippen molar-refractivity contribution in [1.82, 2.24) is 14.9 Å². The summed E-state index contributed by atoms with van der Waals surface area (Å²) in [4.78, 5) is 16.8. The Morgan fingerprint density at radius 1 is 1.56 bits per heavy atom.